The molecule has 0 saturated heterocycles. The van der Waals surface area contributed by atoms with E-state index in [1.165, 1.54) is 22.3 Å². The van der Waals surface area contributed by atoms with Crippen LogP contribution in [0.5, 0.6) is 0 Å². The first-order valence-corrected chi connectivity index (χ1v) is 5.42. The molecule has 0 nitrogen and oxygen atoms in total. The van der Waals surface area contributed by atoms with Crippen LogP contribution in [0, 0.1) is 12.1 Å². The van der Waals surface area contributed by atoms with E-state index in [-0.39, 0.29) is 0 Å². The van der Waals surface area contributed by atoms with Gasteiger partial charge in [0, 0.05) is 5.92 Å². The highest BCUT2D eigenvalue weighted by molar-refractivity contribution is 5.78. The third kappa shape index (κ3) is 1.14. The molecule has 0 heteroatoms. The van der Waals surface area contributed by atoms with Gasteiger partial charge in [-0.25, -0.2) is 0 Å². The van der Waals surface area contributed by atoms with E-state index in [1.807, 2.05) is 12.1 Å². The third-order valence-corrected chi connectivity index (χ3v) is 3.24. The van der Waals surface area contributed by atoms with E-state index in [2.05, 4.69) is 43.3 Å². The molecule has 3 rings (SSSR count). The van der Waals surface area contributed by atoms with E-state index in [0.717, 1.165) is 6.42 Å². The van der Waals surface area contributed by atoms with Crippen molar-refractivity contribution in [3.63, 3.8) is 0 Å². The molecule has 0 saturated carbocycles. The van der Waals surface area contributed by atoms with Crippen molar-refractivity contribution in [2.75, 3.05) is 0 Å². The molecule has 0 fully saturated rings. The van der Waals surface area contributed by atoms with Crippen molar-refractivity contribution in [1.29, 1.82) is 0 Å². The lowest BCUT2D eigenvalue weighted by molar-refractivity contribution is 0.797. The van der Waals surface area contributed by atoms with Crippen LogP contribution in [-0.4, -0.2) is 0 Å². The van der Waals surface area contributed by atoms with Gasteiger partial charge in [-0.15, -0.1) is 0 Å². The summed E-state index contributed by atoms with van der Waals surface area (Å²) in [5, 5.41) is 0. The number of benzene rings is 2. The van der Waals surface area contributed by atoms with Gasteiger partial charge < -0.3 is 0 Å². The Morgan fingerprint density at radius 1 is 1.00 bits per heavy atom. The Balaban J connectivity index is 2.31. The largest absolute Gasteiger partial charge is 0.0645 e. The van der Waals surface area contributed by atoms with Gasteiger partial charge in [0.1, 0.15) is 0 Å². The first-order chi connectivity index (χ1) is 7.42. The summed E-state index contributed by atoms with van der Waals surface area (Å²) >= 11 is 0. The molecule has 0 spiro atoms. The normalized spacial score (nSPS) is 13.7. The van der Waals surface area contributed by atoms with Crippen LogP contribution in [-0.2, 0) is 0 Å². The van der Waals surface area contributed by atoms with Gasteiger partial charge in [0.15, 0.2) is 0 Å². The zero-order valence-electron chi connectivity index (χ0n) is 8.75. The molecule has 0 atom stereocenters. The van der Waals surface area contributed by atoms with E-state index >= 15 is 0 Å². The first kappa shape index (κ1) is 8.72. The molecule has 0 unspecified atom stereocenters. The highest BCUT2D eigenvalue weighted by atomic mass is 14.3. The van der Waals surface area contributed by atoms with Crippen LogP contribution in [0.2, 0.25) is 0 Å². The lowest BCUT2D eigenvalue weighted by Crippen LogP contribution is -1.93. The second kappa shape index (κ2) is 3.23. The van der Waals surface area contributed by atoms with Crippen LogP contribution < -0.4 is 0 Å². The predicted molar refractivity (Wildman–Crippen MR) is 61.7 cm³/mol. The summed E-state index contributed by atoms with van der Waals surface area (Å²) in [4.78, 5) is 0. The number of hydrogen-bond acceptors (Lipinski definition) is 0. The molecule has 0 heterocycles. The lowest BCUT2D eigenvalue weighted by Gasteiger charge is -2.09. The summed E-state index contributed by atoms with van der Waals surface area (Å²) in [6, 6.07) is 19.0. The number of hydrogen-bond donors (Lipinski definition) is 0. The molecule has 0 bridgehead atoms. The molecule has 2 aromatic carbocycles. The van der Waals surface area contributed by atoms with Crippen LogP contribution in [0.25, 0.3) is 11.1 Å². The third-order valence-electron chi connectivity index (χ3n) is 3.24. The summed E-state index contributed by atoms with van der Waals surface area (Å²) in [6.07, 6.45) is 1.15. The van der Waals surface area contributed by atoms with Crippen LogP contribution in [0.3, 0.4) is 0 Å². The molecular weight excluding hydrogens is 180 g/mol. The Bertz CT molecular complexity index is 451. The molecule has 0 N–H and O–H groups in total. The van der Waals surface area contributed by atoms with E-state index in [9.17, 15) is 0 Å². The maximum absolute atomic E-state index is 3.18. The topological polar surface area (TPSA) is 0 Å². The van der Waals surface area contributed by atoms with Gasteiger partial charge in [-0.3, -0.25) is 0 Å². The SMILES string of the molecule is CCC1c2c[c]ccc2-c2cc[c]cc21. The van der Waals surface area contributed by atoms with Crippen molar-refractivity contribution >= 4 is 0 Å². The highest BCUT2D eigenvalue weighted by Crippen LogP contribution is 2.45. The molecule has 2 radical (unpaired) electrons. The Kier molecular flexibility index (Phi) is 1.88. The maximum atomic E-state index is 3.18. The molecule has 0 aliphatic heterocycles. The summed E-state index contributed by atoms with van der Waals surface area (Å²) < 4.78 is 0. The second-order valence-electron chi connectivity index (χ2n) is 3.99. The zero-order chi connectivity index (χ0) is 10.3. The molecule has 72 valence electrons. The van der Waals surface area contributed by atoms with Crippen LogP contribution in [0.15, 0.2) is 36.4 Å². The monoisotopic (exact) mass is 192 g/mol. The average Bonchev–Trinajstić information content (AvgIpc) is 2.63. The molecule has 1 aliphatic rings. The summed E-state index contributed by atoms with van der Waals surface area (Å²) in [5.74, 6) is 0.546. The Morgan fingerprint density at radius 3 is 2.00 bits per heavy atom. The van der Waals surface area contributed by atoms with Gasteiger partial charge in [0.25, 0.3) is 0 Å². The van der Waals surface area contributed by atoms with E-state index in [4.69, 9.17) is 0 Å². The van der Waals surface area contributed by atoms with E-state index in [0.29, 0.717) is 5.92 Å². The zero-order valence-corrected chi connectivity index (χ0v) is 8.75. The standard InChI is InChI=1S/C15H12/c1-2-11-12-7-3-5-9-14(12)15-10-6-4-8-13(11)15/h5-11H,2H2,1H3. The highest BCUT2D eigenvalue weighted by Gasteiger charge is 2.25. The second-order valence-corrected chi connectivity index (χ2v) is 3.99. The van der Waals surface area contributed by atoms with Gasteiger partial charge in [-0.2, -0.15) is 0 Å². The minimum absolute atomic E-state index is 0.546. The maximum Gasteiger partial charge on any atom is 0.00994 e. The van der Waals surface area contributed by atoms with Crippen molar-refractivity contribution in [2.45, 2.75) is 19.3 Å². The molecule has 2 aromatic rings. The number of fused-ring (bicyclic) bond motifs is 3. The first-order valence-electron chi connectivity index (χ1n) is 5.42. The Morgan fingerprint density at radius 2 is 1.53 bits per heavy atom. The van der Waals surface area contributed by atoms with Gasteiger partial charge in [0.2, 0.25) is 0 Å². The molecule has 1 aliphatic carbocycles. The van der Waals surface area contributed by atoms with Crippen LogP contribution in [0.1, 0.15) is 30.4 Å². The minimum atomic E-state index is 0.546. The minimum Gasteiger partial charge on any atom is -0.0645 e. The average molecular weight is 192 g/mol. The van der Waals surface area contributed by atoms with Crippen LogP contribution in [0.4, 0.5) is 0 Å². The number of rotatable bonds is 1. The van der Waals surface area contributed by atoms with Crippen molar-refractivity contribution in [1.82, 2.24) is 0 Å². The van der Waals surface area contributed by atoms with Crippen molar-refractivity contribution < 1.29 is 0 Å². The summed E-state index contributed by atoms with van der Waals surface area (Å²) in [7, 11) is 0. The van der Waals surface area contributed by atoms with Gasteiger partial charge >= 0.3 is 0 Å². The van der Waals surface area contributed by atoms with Gasteiger partial charge in [-0.1, -0.05) is 31.2 Å². The molecule has 0 amide bonds. The van der Waals surface area contributed by atoms with E-state index < -0.39 is 0 Å². The van der Waals surface area contributed by atoms with Crippen LogP contribution >= 0.6 is 0 Å². The molecule has 15 heavy (non-hydrogen) atoms. The van der Waals surface area contributed by atoms with E-state index in [1.54, 1.807) is 0 Å². The summed E-state index contributed by atoms with van der Waals surface area (Å²) in [5.41, 5.74) is 5.61. The smallest absolute Gasteiger partial charge is 0.00994 e. The summed E-state index contributed by atoms with van der Waals surface area (Å²) in [6.45, 7) is 2.24. The van der Waals surface area contributed by atoms with Crippen molar-refractivity contribution in [3.05, 3.63) is 59.7 Å². The lowest BCUT2D eigenvalue weighted by atomic mass is 9.95. The van der Waals surface area contributed by atoms with Gasteiger partial charge in [-0.05, 0) is 52.9 Å². The molecule has 0 aromatic heterocycles. The fourth-order valence-electron chi connectivity index (χ4n) is 2.56. The van der Waals surface area contributed by atoms with Crippen molar-refractivity contribution in [3.8, 4) is 11.1 Å². The Labute approximate surface area is 90.6 Å². The van der Waals surface area contributed by atoms with Crippen molar-refractivity contribution in [2.24, 2.45) is 0 Å². The molecular formula is C15H12. The fourth-order valence-corrected chi connectivity index (χ4v) is 2.56. The quantitative estimate of drug-likeness (QED) is 0.644. The fraction of sp³-hybridized carbons (Fsp3) is 0.200. The van der Waals surface area contributed by atoms with Gasteiger partial charge in [0.05, 0.1) is 0 Å². The Hall–Kier alpha value is -1.56. The predicted octanol–water partition coefficient (Wildman–Crippen LogP) is 3.81.